The van der Waals surface area contributed by atoms with Crippen LogP contribution in [0.4, 0.5) is 0 Å². The van der Waals surface area contributed by atoms with Gasteiger partial charge in [0.15, 0.2) is 17.5 Å². The number of nitrogens with one attached hydrogen (secondary N) is 2. The molecule has 0 saturated heterocycles. The molecule has 1 unspecified atom stereocenters. The molecule has 3 N–H and O–H groups in total. The van der Waals surface area contributed by atoms with Crippen LogP contribution in [-0.2, 0) is 6.54 Å². The number of phenols is 1. The fourth-order valence-electron chi connectivity index (χ4n) is 1.73. The Balaban J connectivity index is 0.00000441. The van der Waals surface area contributed by atoms with Crippen LogP contribution in [0.5, 0.6) is 11.5 Å². The van der Waals surface area contributed by atoms with Gasteiger partial charge in [-0.3, -0.25) is 0 Å². The van der Waals surface area contributed by atoms with Crippen LogP contribution in [0.3, 0.4) is 0 Å². The minimum absolute atomic E-state index is 0. The number of methoxy groups -OCH3 is 1. The molecule has 126 valence electrons. The van der Waals surface area contributed by atoms with Gasteiger partial charge in [0, 0.05) is 18.2 Å². The molecule has 0 spiro atoms. The largest absolute Gasteiger partial charge is 0.504 e. The Morgan fingerprint density at radius 1 is 1.32 bits per heavy atom. The molecule has 1 rings (SSSR count). The van der Waals surface area contributed by atoms with E-state index in [0.717, 1.165) is 18.1 Å². The Kier molecular flexibility index (Phi) is 9.97. The van der Waals surface area contributed by atoms with Gasteiger partial charge in [-0.25, -0.2) is 4.99 Å². The van der Waals surface area contributed by atoms with Crippen LogP contribution in [0.25, 0.3) is 0 Å². The summed E-state index contributed by atoms with van der Waals surface area (Å²) in [7, 11) is 1.54. The van der Waals surface area contributed by atoms with E-state index >= 15 is 0 Å². The van der Waals surface area contributed by atoms with Crippen LogP contribution in [0.15, 0.2) is 23.2 Å². The Morgan fingerprint density at radius 3 is 2.55 bits per heavy atom. The van der Waals surface area contributed by atoms with Crippen LogP contribution < -0.4 is 15.4 Å². The fraction of sp³-hybridized carbons (Fsp3) is 0.562. The van der Waals surface area contributed by atoms with E-state index in [-0.39, 0.29) is 29.7 Å². The van der Waals surface area contributed by atoms with Gasteiger partial charge in [0.05, 0.1) is 13.7 Å². The van der Waals surface area contributed by atoms with Gasteiger partial charge in [-0.15, -0.1) is 24.0 Å². The van der Waals surface area contributed by atoms with Crippen LogP contribution in [0.1, 0.15) is 33.3 Å². The number of ether oxygens (including phenoxy) is 1. The fourth-order valence-corrected chi connectivity index (χ4v) is 1.73. The van der Waals surface area contributed by atoms with Crippen molar-refractivity contribution in [3.8, 4) is 11.5 Å². The third-order valence-electron chi connectivity index (χ3n) is 3.42. The van der Waals surface area contributed by atoms with Gasteiger partial charge in [-0.2, -0.15) is 0 Å². The Labute approximate surface area is 150 Å². The van der Waals surface area contributed by atoms with E-state index in [9.17, 15) is 5.11 Å². The first-order valence-electron chi connectivity index (χ1n) is 7.39. The second kappa shape index (κ2) is 10.5. The number of rotatable bonds is 6. The van der Waals surface area contributed by atoms with Gasteiger partial charge in [0.2, 0.25) is 0 Å². The predicted molar refractivity (Wildman–Crippen MR) is 102 cm³/mol. The Morgan fingerprint density at radius 2 is 2.00 bits per heavy atom. The molecule has 0 aliphatic carbocycles. The van der Waals surface area contributed by atoms with Crippen molar-refractivity contribution in [1.82, 2.24) is 10.6 Å². The molecular weight excluding hydrogens is 393 g/mol. The van der Waals surface area contributed by atoms with Crippen molar-refractivity contribution in [2.75, 3.05) is 13.7 Å². The number of nitrogens with zero attached hydrogens (tertiary/aromatic N) is 1. The summed E-state index contributed by atoms with van der Waals surface area (Å²) in [6.07, 6.45) is 0. The van der Waals surface area contributed by atoms with E-state index in [1.165, 1.54) is 7.11 Å². The summed E-state index contributed by atoms with van der Waals surface area (Å²) < 4.78 is 5.11. The molecule has 0 heterocycles. The summed E-state index contributed by atoms with van der Waals surface area (Å²) in [5.41, 5.74) is 0.740. The number of guanidine groups is 1. The normalized spacial score (nSPS) is 12.5. The van der Waals surface area contributed by atoms with E-state index in [1.54, 1.807) is 6.07 Å². The number of aliphatic imine (C=N–C) groups is 1. The number of halogens is 1. The predicted octanol–water partition coefficient (Wildman–Crippen LogP) is 3.12. The van der Waals surface area contributed by atoms with Gasteiger partial charge in [-0.05, 0) is 25.8 Å². The summed E-state index contributed by atoms with van der Waals surface area (Å²) in [6, 6.07) is 5.74. The second-order valence-electron chi connectivity index (χ2n) is 5.34. The van der Waals surface area contributed by atoms with Crippen molar-refractivity contribution in [3.05, 3.63) is 23.8 Å². The first-order valence-corrected chi connectivity index (χ1v) is 7.39. The summed E-state index contributed by atoms with van der Waals surface area (Å²) in [5.74, 6) is 1.88. The third kappa shape index (κ3) is 6.29. The van der Waals surface area contributed by atoms with E-state index in [1.807, 2.05) is 19.1 Å². The molecular formula is C16H28IN3O2. The molecule has 22 heavy (non-hydrogen) atoms. The zero-order chi connectivity index (χ0) is 15.8. The molecule has 0 fully saturated rings. The van der Waals surface area contributed by atoms with Crippen LogP contribution in [0.2, 0.25) is 0 Å². The number of hydrogen-bond acceptors (Lipinski definition) is 3. The molecule has 0 aromatic heterocycles. The average Bonchev–Trinajstić information content (AvgIpc) is 2.46. The van der Waals surface area contributed by atoms with Crippen molar-refractivity contribution in [1.29, 1.82) is 0 Å². The van der Waals surface area contributed by atoms with Gasteiger partial charge in [-0.1, -0.05) is 26.0 Å². The van der Waals surface area contributed by atoms with E-state index < -0.39 is 0 Å². The minimum atomic E-state index is 0. The zero-order valence-electron chi connectivity index (χ0n) is 14.0. The van der Waals surface area contributed by atoms with Crippen molar-refractivity contribution in [3.63, 3.8) is 0 Å². The topological polar surface area (TPSA) is 65.9 Å². The SMILES string of the molecule is CCNC(=NCc1cccc(OC)c1O)NC(C)C(C)C.I. The highest BCUT2D eigenvalue weighted by Gasteiger charge is 2.10. The number of phenolic OH excluding ortho intramolecular Hbond substituents is 1. The molecule has 0 saturated carbocycles. The van der Waals surface area contributed by atoms with Gasteiger partial charge in [0.25, 0.3) is 0 Å². The molecule has 0 radical (unpaired) electrons. The Hall–Kier alpha value is -1.18. The van der Waals surface area contributed by atoms with Crippen molar-refractivity contribution < 1.29 is 9.84 Å². The van der Waals surface area contributed by atoms with Gasteiger partial charge < -0.3 is 20.5 Å². The van der Waals surface area contributed by atoms with Crippen molar-refractivity contribution in [2.24, 2.45) is 10.9 Å². The van der Waals surface area contributed by atoms with E-state index in [2.05, 4.69) is 36.4 Å². The highest BCUT2D eigenvalue weighted by atomic mass is 127. The lowest BCUT2D eigenvalue weighted by Crippen LogP contribution is -2.44. The smallest absolute Gasteiger partial charge is 0.191 e. The number of para-hydroxylation sites is 1. The first kappa shape index (κ1) is 20.8. The molecule has 0 aliphatic rings. The maximum atomic E-state index is 10.1. The van der Waals surface area contributed by atoms with Gasteiger partial charge >= 0.3 is 0 Å². The molecule has 1 aromatic rings. The number of aromatic hydroxyl groups is 1. The minimum Gasteiger partial charge on any atom is -0.504 e. The monoisotopic (exact) mass is 421 g/mol. The van der Waals surface area contributed by atoms with Crippen molar-refractivity contribution >= 4 is 29.9 Å². The lowest BCUT2D eigenvalue weighted by molar-refractivity contribution is 0.370. The first-order chi connectivity index (χ1) is 9.99. The maximum Gasteiger partial charge on any atom is 0.191 e. The standard InChI is InChI=1S/C16H27N3O2.HI/c1-6-17-16(19-12(4)11(2)3)18-10-13-8-7-9-14(21-5)15(13)20;/h7-9,11-12,20H,6,10H2,1-5H3,(H2,17,18,19);1H. The van der Waals surface area contributed by atoms with Gasteiger partial charge in [0.1, 0.15) is 0 Å². The van der Waals surface area contributed by atoms with Crippen molar-refractivity contribution in [2.45, 2.75) is 40.3 Å². The molecule has 6 heteroatoms. The third-order valence-corrected chi connectivity index (χ3v) is 3.42. The lowest BCUT2D eigenvalue weighted by atomic mass is 10.1. The lowest BCUT2D eigenvalue weighted by Gasteiger charge is -2.20. The highest BCUT2D eigenvalue weighted by Crippen LogP contribution is 2.29. The highest BCUT2D eigenvalue weighted by molar-refractivity contribution is 14.0. The van der Waals surface area contributed by atoms with E-state index in [4.69, 9.17) is 4.74 Å². The second-order valence-corrected chi connectivity index (χ2v) is 5.34. The molecule has 0 aliphatic heterocycles. The van der Waals surface area contributed by atoms with Crippen LogP contribution in [0, 0.1) is 5.92 Å². The van der Waals surface area contributed by atoms with E-state index in [0.29, 0.717) is 24.3 Å². The van der Waals surface area contributed by atoms with Crippen LogP contribution in [-0.4, -0.2) is 30.8 Å². The molecule has 0 amide bonds. The quantitative estimate of drug-likeness (QED) is 0.375. The summed E-state index contributed by atoms with van der Waals surface area (Å²) >= 11 is 0. The average molecular weight is 421 g/mol. The molecule has 0 bridgehead atoms. The number of benzene rings is 1. The van der Waals surface area contributed by atoms with Crippen LogP contribution >= 0.6 is 24.0 Å². The summed E-state index contributed by atoms with van der Waals surface area (Å²) in [5, 5.41) is 16.6. The zero-order valence-corrected chi connectivity index (χ0v) is 16.3. The summed E-state index contributed by atoms with van der Waals surface area (Å²) in [4.78, 5) is 4.52. The molecule has 1 atom stereocenters. The summed E-state index contributed by atoms with van der Waals surface area (Å²) in [6.45, 7) is 9.66. The number of hydrogen-bond donors (Lipinski definition) is 3. The molecule has 5 nitrogen and oxygen atoms in total. The Bertz CT molecular complexity index is 478. The maximum absolute atomic E-state index is 10.1. The molecule has 1 aromatic carbocycles.